The molecule has 1 atom stereocenters. The molecule has 2 N–H and O–H groups in total. The Bertz CT molecular complexity index is 621. The predicted octanol–water partition coefficient (Wildman–Crippen LogP) is 2.09. The van der Waals surface area contributed by atoms with Crippen LogP contribution in [0, 0.1) is 0 Å². The number of carbonyl (C=O) groups is 1. The van der Waals surface area contributed by atoms with Crippen LogP contribution in [0.5, 0.6) is 0 Å². The minimum atomic E-state index is -0.986. The summed E-state index contributed by atoms with van der Waals surface area (Å²) >= 11 is 0. The minimum absolute atomic E-state index is 0.142. The molecule has 1 aromatic carbocycles. The van der Waals surface area contributed by atoms with Gasteiger partial charge in [-0.2, -0.15) is 0 Å². The molecule has 0 radical (unpaired) electrons. The van der Waals surface area contributed by atoms with Crippen LogP contribution in [0.4, 0.5) is 0 Å². The molecule has 0 aliphatic heterocycles. The van der Waals surface area contributed by atoms with E-state index in [0.29, 0.717) is 5.56 Å². The Morgan fingerprint density at radius 2 is 1.76 bits per heavy atom. The Labute approximate surface area is 124 Å². The van der Waals surface area contributed by atoms with Crippen molar-refractivity contribution < 1.29 is 9.90 Å². The summed E-state index contributed by atoms with van der Waals surface area (Å²) < 4.78 is 0. The maximum atomic E-state index is 12.3. The van der Waals surface area contributed by atoms with Crippen molar-refractivity contribution in [3.63, 3.8) is 0 Å². The van der Waals surface area contributed by atoms with E-state index in [1.165, 1.54) is 12.4 Å². The van der Waals surface area contributed by atoms with Gasteiger partial charge in [-0.3, -0.25) is 9.78 Å². The number of rotatable bonds is 3. The van der Waals surface area contributed by atoms with Crippen LogP contribution < -0.4 is 5.32 Å². The first-order valence-corrected chi connectivity index (χ1v) is 6.75. The van der Waals surface area contributed by atoms with E-state index >= 15 is 0 Å². The van der Waals surface area contributed by atoms with Gasteiger partial charge in [0.2, 0.25) is 0 Å². The van der Waals surface area contributed by atoms with Gasteiger partial charge in [-0.15, -0.1) is 0 Å². The summed E-state index contributed by atoms with van der Waals surface area (Å²) in [5, 5.41) is 13.3. The summed E-state index contributed by atoms with van der Waals surface area (Å²) in [4.78, 5) is 20.5. The van der Waals surface area contributed by atoms with E-state index in [4.69, 9.17) is 0 Å². The van der Waals surface area contributed by atoms with E-state index in [9.17, 15) is 9.90 Å². The van der Waals surface area contributed by atoms with Crippen molar-refractivity contribution >= 4 is 5.91 Å². The fourth-order valence-corrected chi connectivity index (χ4v) is 1.92. The number of aromatic nitrogens is 2. The molecule has 5 nitrogen and oxygen atoms in total. The first-order valence-electron chi connectivity index (χ1n) is 6.75. The van der Waals surface area contributed by atoms with Gasteiger partial charge in [-0.1, -0.05) is 30.3 Å². The normalized spacial score (nSPS) is 12.8. The molecule has 1 heterocycles. The minimum Gasteiger partial charge on any atom is -0.382 e. The van der Waals surface area contributed by atoms with Crippen LogP contribution in [0.1, 0.15) is 48.6 Å². The van der Waals surface area contributed by atoms with Gasteiger partial charge in [0.15, 0.2) is 5.69 Å². The van der Waals surface area contributed by atoms with Crippen molar-refractivity contribution in [3.8, 4) is 0 Å². The number of carbonyl (C=O) groups excluding carboxylic acids is 1. The van der Waals surface area contributed by atoms with Gasteiger partial charge in [0.05, 0.1) is 0 Å². The van der Waals surface area contributed by atoms with Crippen LogP contribution in [0.3, 0.4) is 0 Å². The molecule has 0 aliphatic carbocycles. The van der Waals surface area contributed by atoms with E-state index in [1.807, 2.05) is 39.0 Å². The van der Waals surface area contributed by atoms with Gasteiger partial charge in [0.25, 0.3) is 5.91 Å². The van der Waals surface area contributed by atoms with Gasteiger partial charge < -0.3 is 10.4 Å². The van der Waals surface area contributed by atoms with E-state index < -0.39 is 6.10 Å². The van der Waals surface area contributed by atoms with Crippen LogP contribution in [-0.2, 0) is 0 Å². The smallest absolute Gasteiger partial charge is 0.272 e. The zero-order valence-electron chi connectivity index (χ0n) is 12.4. The van der Waals surface area contributed by atoms with Crippen LogP contribution in [0.2, 0.25) is 0 Å². The fourth-order valence-electron chi connectivity index (χ4n) is 1.92. The molecular formula is C16H19N3O2. The van der Waals surface area contributed by atoms with Gasteiger partial charge in [0.1, 0.15) is 11.8 Å². The Balaban J connectivity index is 2.35. The van der Waals surface area contributed by atoms with Gasteiger partial charge in [-0.25, -0.2) is 4.98 Å². The summed E-state index contributed by atoms with van der Waals surface area (Å²) in [6.45, 7) is 5.65. The highest BCUT2D eigenvalue weighted by Gasteiger charge is 2.24. The molecule has 110 valence electrons. The monoisotopic (exact) mass is 285 g/mol. The molecule has 0 spiro atoms. The van der Waals surface area contributed by atoms with E-state index in [1.54, 1.807) is 12.1 Å². The summed E-state index contributed by atoms with van der Waals surface area (Å²) in [7, 11) is 0. The predicted molar refractivity (Wildman–Crippen MR) is 79.8 cm³/mol. The van der Waals surface area contributed by atoms with Gasteiger partial charge in [-0.05, 0) is 26.3 Å². The fraction of sp³-hybridized carbons (Fsp3) is 0.312. The lowest BCUT2D eigenvalue weighted by atomic mass is 10.0. The van der Waals surface area contributed by atoms with Crippen molar-refractivity contribution in [2.45, 2.75) is 32.4 Å². The molecule has 2 rings (SSSR count). The van der Waals surface area contributed by atoms with Crippen LogP contribution in [0.25, 0.3) is 0 Å². The first kappa shape index (κ1) is 15.1. The third-order valence-electron chi connectivity index (χ3n) is 2.80. The molecule has 1 aromatic heterocycles. The lowest BCUT2D eigenvalue weighted by Gasteiger charge is -2.21. The molecule has 0 aliphatic rings. The van der Waals surface area contributed by atoms with E-state index in [2.05, 4.69) is 15.3 Å². The summed E-state index contributed by atoms with van der Waals surface area (Å²) in [5.74, 6) is -0.347. The summed E-state index contributed by atoms with van der Waals surface area (Å²) in [6.07, 6.45) is 1.93. The quantitative estimate of drug-likeness (QED) is 0.905. The Morgan fingerprint density at radius 3 is 2.38 bits per heavy atom. The second-order valence-electron chi connectivity index (χ2n) is 5.81. The molecule has 0 fully saturated rings. The maximum Gasteiger partial charge on any atom is 0.272 e. The summed E-state index contributed by atoms with van der Waals surface area (Å²) in [6, 6.07) is 9.07. The summed E-state index contributed by atoms with van der Waals surface area (Å²) in [5.41, 5.74) is 0.681. The molecule has 5 heteroatoms. The number of amides is 1. The third-order valence-corrected chi connectivity index (χ3v) is 2.80. The molecule has 0 saturated heterocycles. The zero-order valence-corrected chi connectivity index (χ0v) is 12.4. The maximum absolute atomic E-state index is 12.3. The highest BCUT2D eigenvalue weighted by Crippen LogP contribution is 2.22. The number of hydrogen-bond donors (Lipinski definition) is 2. The first-order chi connectivity index (χ1) is 9.88. The van der Waals surface area contributed by atoms with Crippen LogP contribution >= 0.6 is 0 Å². The second kappa shape index (κ2) is 6.01. The van der Waals surface area contributed by atoms with E-state index in [0.717, 1.165) is 0 Å². The molecule has 0 saturated carbocycles. The highest BCUT2D eigenvalue weighted by atomic mass is 16.3. The molecule has 1 unspecified atom stereocenters. The van der Waals surface area contributed by atoms with Gasteiger partial charge in [0, 0.05) is 17.9 Å². The van der Waals surface area contributed by atoms with Crippen molar-refractivity contribution in [1.29, 1.82) is 0 Å². The molecule has 1 amide bonds. The standard InChI is InChI=1S/C16H19N3O2/c1-16(2,3)19-15(21)13-12(17-9-10-18-13)14(20)11-7-5-4-6-8-11/h4-10,14,20H,1-3H3,(H,19,21). The number of aliphatic hydroxyl groups is 1. The van der Waals surface area contributed by atoms with Crippen molar-refractivity contribution in [1.82, 2.24) is 15.3 Å². The zero-order chi connectivity index (χ0) is 15.5. The van der Waals surface area contributed by atoms with Crippen LogP contribution in [-0.4, -0.2) is 26.5 Å². The third kappa shape index (κ3) is 3.86. The highest BCUT2D eigenvalue weighted by molar-refractivity contribution is 5.93. The van der Waals surface area contributed by atoms with Crippen molar-refractivity contribution in [2.75, 3.05) is 0 Å². The average Bonchev–Trinajstić information content (AvgIpc) is 2.45. The van der Waals surface area contributed by atoms with E-state index in [-0.39, 0.29) is 22.8 Å². The van der Waals surface area contributed by atoms with Crippen molar-refractivity contribution in [3.05, 3.63) is 59.7 Å². The average molecular weight is 285 g/mol. The number of nitrogens with one attached hydrogen (secondary N) is 1. The lowest BCUT2D eigenvalue weighted by molar-refractivity contribution is 0.0907. The lowest BCUT2D eigenvalue weighted by Crippen LogP contribution is -2.41. The van der Waals surface area contributed by atoms with Crippen molar-refractivity contribution in [2.24, 2.45) is 0 Å². The Hall–Kier alpha value is -2.27. The number of aliphatic hydroxyl groups excluding tert-OH is 1. The van der Waals surface area contributed by atoms with Crippen LogP contribution in [0.15, 0.2) is 42.7 Å². The second-order valence-corrected chi connectivity index (χ2v) is 5.81. The largest absolute Gasteiger partial charge is 0.382 e. The topological polar surface area (TPSA) is 75.1 Å². The number of hydrogen-bond acceptors (Lipinski definition) is 4. The molecule has 2 aromatic rings. The van der Waals surface area contributed by atoms with Gasteiger partial charge >= 0.3 is 0 Å². The molecule has 0 bridgehead atoms. The SMILES string of the molecule is CC(C)(C)NC(=O)c1nccnc1C(O)c1ccccc1. The number of nitrogens with zero attached hydrogens (tertiary/aromatic N) is 2. The Kier molecular flexibility index (Phi) is 4.33. The molecule has 21 heavy (non-hydrogen) atoms. The number of benzene rings is 1. The molecular weight excluding hydrogens is 266 g/mol. The Morgan fingerprint density at radius 1 is 1.14 bits per heavy atom.